The largest absolute Gasteiger partial charge is 0.495 e. The normalized spacial score (nSPS) is 24.6. The van der Waals surface area contributed by atoms with Crippen molar-refractivity contribution in [1.29, 1.82) is 0 Å². The number of fused-ring (bicyclic) bond motifs is 1. The van der Waals surface area contributed by atoms with Crippen molar-refractivity contribution in [2.45, 2.75) is 30.7 Å². The Morgan fingerprint density at radius 3 is 2.50 bits per heavy atom. The van der Waals surface area contributed by atoms with Crippen LogP contribution in [0.2, 0.25) is 0 Å². The summed E-state index contributed by atoms with van der Waals surface area (Å²) < 4.78 is 17.4. The number of rotatable bonds is 6. The van der Waals surface area contributed by atoms with Gasteiger partial charge in [-0.15, -0.1) is 0 Å². The molecule has 1 aliphatic heterocycles. The van der Waals surface area contributed by atoms with Crippen LogP contribution in [0, 0.1) is 0 Å². The molecule has 0 saturated carbocycles. The molecule has 0 unspecified atom stereocenters. The van der Waals surface area contributed by atoms with Gasteiger partial charge in [0.2, 0.25) is 6.29 Å². The summed E-state index contributed by atoms with van der Waals surface area (Å²) in [7, 11) is 1.49. The number of hydrogen-bond donors (Lipinski definition) is 5. The van der Waals surface area contributed by atoms with Gasteiger partial charge in [0.15, 0.2) is 0 Å². The summed E-state index contributed by atoms with van der Waals surface area (Å²) in [4.78, 5) is 13.3. The van der Waals surface area contributed by atoms with Gasteiger partial charge in [0.25, 0.3) is 5.91 Å². The molecule has 5 atom stereocenters. The maximum absolute atomic E-state index is 13.3. The monoisotopic (exact) mass is 533 g/mol. The molecule has 0 aliphatic carbocycles. The summed E-state index contributed by atoms with van der Waals surface area (Å²) >= 11 is 3.42. The van der Waals surface area contributed by atoms with Crippen molar-refractivity contribution in [3.63, 3.8) is 0 Å². The molecule has 34 heavy (non-hydrogen) atoms. The van der Waals surface area contributed by atoms with Gasteiger partial charge in [0, 0.05) is 4.47 Å². The lowest BCUT2D eigenvalue weighted by Gasteiger charge is -2.39. The third-order valence-electron chi connectivity index (χ3n) is 5.59. The topological polar surface area (TPSA) is 138 Å². The van der Waals surface area contributed by atoms with Gasteiger partial charge in [-0.25, -0.2) is 0 Å². The molecule has 1 heterocycles. The second-order valence-corrected chi connectivity index (χ2v) is 8.73. The Morgan fingerprint density at radius 2 is 1.76 bits per heavy atom. The van der Waals surface area contributed by atoms with E-state index in [1.165, 1.54) is 7.11 Å². The van der Waals surface area contributed by atoms with Crippen molar-refractivity contribution >= 4 is 38.3 Å². The molecule has 1 fully saturated rings. The Bertz CT molecular complexity index is 1190. The lowest BCUT2D eigenvalue weighted by atomic mass is 9.99. The third-order valence-corrected chi connectivity index (χ3v) is 6.09. The minimum absolute atomic E-state index is 0.0755. The lowest BCUT2D eigenvalue weighted by molar-refractivity contribution is -0.277. The summed E-state index contributed by atoms with van der Waals surface area (Å²) in [5.74, 6) is 0.0355. The van der Waals surface area contributed by atoms with E-state index in [1.54, 1.807) is 36.4 Å². The number of nitrogens with one attached hydrogen (secondary N) is 1. The van der Waals surface area contributed by atoms with Gasteiger partial charge in [0.1, 0.15) is 35.9 Å². The number of methoxy groups -OCH3 is 1. The Labute approximate surface area is 203 Å². The molecule has 0 radical (unpaired) electrons. The molecule has 0 bridgehead atoms. The number of aliphatic hydroxyl groups is 4. The van der Waals surface area contributed by atoms with Crippen LogP contribution >= 0.6 is 15.9 Å². The maximum Gasteiger partial charge on any atom is 0.259 e. The van der Waals surface area contributed by atoms with Crippen LogP contribution in [0.5, 0.6) is 11.5 Å². The number of carbonyl (C=O) groups excluding carboxylic acids is 1. The first-order valence-corrected chi connectivity index (χ1v) is 11.3. The fraction of sp³-hybridized carbons (Fsp3) is 0.292. The van der Waals surface area contributed by atoms with Gasteiger partial charge >= 0.3 is 0 Å². The fourth-order valence-electron chi connectivity index (χ4n) is 3.75. The Kier molecular flexibility index (Phi) is 7.36. The molecule has 3 aromatic rings. The Hall–Kier alpha value is -2.73. The highest BCUT2D eigenvalue weighted by molar-refractivity contribution is 9.10. The van der Waals surface area contributed by atoms with E-state index < -0.39 is 43.2 Å². The van der Waals surface area contributed by atoms with E-state index in [2.05, 4.69) is 21.2 Å². The van der Waals surface area contributed by atoms with E-state index in [0.29, 0.717) is 11.4 Å². The SMILES string of the molecule is COc1ccccc1NC(=O)c1cc2cc(Br)ccc2cc1O[C@H]1O[C@@H](CO)[C@@H](O)[C@@H](O)[C@H]1O. The van der Waals surface area contributed by atoms with E-state index in [1.807, 2.05) is 18.2 Å². The lowest BCUT2D eigenvalue weighted by Crippen LogP contribution is -2.60. The zero-order valence-corrected chi connectivity index (χ0v) is 19.7. The van der Waals surface area contributed by atoms with Crippen molar-refractivity contribution < 1.29 is 39.4 Å². The van der Waals surface area contributed by atoms with Crippen LogP contribution in [-0.4, -0.2) is 70.8 Å². The highest BCUT2D eigenvalue weighted by Crippen LogP contribution is 2.33. The predicted molar refractivity (Wildman–Crippen MR) is 127 cm³/mol. The summed E-state index contributed by atoms with van der Waals surface area (Å²) in [5.41, 5.74) is 0.580. The molecule has 9 nitrogen and oxygen atoms in total. The van der Waals surface area contributed by atoms with E-state index >= 15 is 0 Å². The number of benzene rings is 3. The number of halogens is 1. The summed E-state index contributed by atoms with van der Waals surface area (Å²) in [5, 5.41) is 44.3. The van der Waals surface area contributed by atoms with E-state index in [-0.39, 0.29) is 11.3 Å². The minimum atomic E-state index is -1.62. The van der Waals surface area contributed by atoms with E-state index in [0.717, 1.165) is 15.2 Å². The minimum Gasteiger partial charge on any atom is -0.495 e. The predicted octanol–water partition coefficient (Wildman–Crippen LogP) is 2.04. The molecule has 1 saturated heterocycles. The van der Waals surface area contributed by atoms with Gasteiger partial charge < -0.3 is 40.0 Å². The molecule has 4 rings (SSSR count). The standard InChI is InChI=1S/C24H24BrNO8/c1-32-17-5-3-2-4-16(17)26-23(31)15-9-13-8-14(25)7-6-12(13)10-18(15)33-24-22(30)21(29)20(28)19(11-27)34-24/h2-10,19-22,24,27-30H,11H2,1H3,(H,26,31)/t19-,20+,21+,22+,24-/m0/s1. The van der Waals surface area contributed by atoms with Crippen LogP contribution in [0.4, 0.5) is 5.69 Å². The van der Waals surface area contributed by atoms with Crippen molar-refractivity contribution in [1.82, 2.24) is 0 Å². The first-order chi connectivity index (χ1) is 16.3. The molecule has 1 aliphatic rings. The van der Waals surface area contributed by atoms with Gasteiger partial charge in [-0.1, -0.05) is 34.1 Å². The maximum atomic E-state index is 13.3. The Morgan fingerprint density at radius 1 is 1.00 bits per heavy atom. The number of hydrogen-bond acceptors (Lipinski definition) is 8. The number of aliphatic hydroxyl groups excluding tert-OH is 4. The molecule has 180 valence electrons. The van der Waals surface area contributed by atoms with Crippen molar-refractivity contribution in [3.05, 3.63) is 64.6 Å². The van der Waals surface area contributed by atoms with Gasteiger partial charge in [-0.05, 0) is 47.2 Å². The number of ether oxygens (including phenoxy) is 3. The van der Waals surface area contributed by atoms with Crippen LogP contribution in [0.25, 0.3) is 10.8 Å². The van der Waals surface area contributed by atoms with Crippen LogP contribution in [0.1, 0.15) is 10.4 Å². The molecule has 3 aromatic carbocycles. The van der Waals surface area contributed by atoms with Crippen LogP contribution < -0.4 is 14.8 Å². The second kappa shape index (κ2) is 10.3. The highest BCUT2D eigenvalue weighted by atomic mass is 79.9. The number of amides is 1. The second-order valence-electron chi connectivity index (χ2n) is 7.81. The molecule has 5 N–H and O–H groups in total. The zero-order valence-electron chi connectivity index (χ0n) is 18.1. The molecule has 0 aromatic heterocycles. The van der Waals surface area contributed by atoms with Crippen LogP contribution in [-0.2, 0) is 4.74 Å². The summed E-state index contributed by atoms with van der Waals surface area (Å²) in [6.45, 7) is -0.600. The van der Waals surface area contributed by atoms with Gasteiger partial charge in [-0.3, -0.25) is 4.79 Å². The molecule has 1 amide bonds. The van der Waals surface area contributed by atoms with Crippen molar-refractivity contribution in [3.8, 4) is 11.5 Å². The van der Waals surface area contributed by atoms with Gasteiger partial charge in [0.05, 0.1) is 25.0 Å². The van der Waals surface area contributed by atoms with Crippen LogP contribution in [0.3, 0.4) is 0 Å². The number of para-hydroxylation sites is 2. The number of carbonyl (C=O) groups is 1. The summed E-state index contributed by atoms with van der Waals surface area (Å²) in [6, 6.07) is 15.6. The zero-order chi connectivity index (χ0) is 24.4. The first-order valence-electron chi connectivity index (χ1n) is 10.5. The van der Waals surface area contributed by atoms with Gasteiger partial charge in [-0.2, -0.15) is 0 Å². The molecular formula is C24H24BrNO8. The first kappa shape index (κ1) is 24.4. The number of anilines is 1. The average molecular weight is 534 g/mol. The quantitative estimate of drug-likeness (QED) is 0.324. The van der Waals surface area contributed by atoms with Crippen molar-refractivity contribution in [2.75, 3.05) is 19.0 Å². The highest BCUT2D eigenvalue weighted by Gasteiger charge is 2.45. The van der Waals surface area contributed by atoms with E-state index in [4.69, 9.17) is 14.2 Å². The summed E-state index contributed by atoms with van der Waals surface area (Å²) in [6.07, 6.45) is -7.35. The fourth-order valence-corrected chi connectivity index (χ4v) is 4.13. The van der Waals surface area contributed by atoms with E-state index in [9.17, 15) is 25.2 Å². The Balaban J connectivity index is 1.72. The molecule has 10 heteroatoms. The molecule has 0 spiro atoms. The average Bonchev–Trinajstić information content (AvgIpc) is 2.84. The van der Waals surface area contributed by atoms with Crippen molar-refractivity contribution in [2.24, 2.45) is 0 Å². The third kappa shape index (κ3) is 4.88. The van der Waals surface area contributed by atoms with Crippen LogP contribution in [0.15, 0.2) is 59.1 Å². The smallest absolute Gasteiger partial charge is 0.259 e. The molecular weight excluding hydrogens is 510 g/mol.